The van der Waals surface area contributed by atoms with Gasteiger partial charge < -0.3 is 9.64 Å². The molecule has 4 rings (SSSR count). The lowest BCUT2D eigenvalue weighted by Gasteiger charge is -2.44. The lowest BCUT2D eigenvalue weighted by Crippen LogP contribution is -2.58. The van der Waals surface area contributed by atoms with E-state index < -0.39 is 0 Å². The van der Waals surface area contributed by atoms with Crippen molar-refractivity contribution in [3.8, 4) is 0 Å². The average molecular weight is 450 g/mol. The molecule has 176 valence electrons. The quantitative estimate of drug-likeness (QED) is 0.628. The van der Waals surface area contributed by atoms with Gasteiger partial charge in [-0.05, 0) is 75.2 Å². The smallest absolute Gasteiger partial charge is 0.337 e. The Morgan fingerprint density at radius 2 is 1.27 bits per heavy atom. The third-order valence-electron chi connectivity index (χ3n) is 6.82. The number of piperazine rings is 1. The first-order chi connectivity index (χ1) is 15.9. The van der Waals surface area contributed by atoms with Gasteiger partial charge in [-0.3, -0.25) is 14.6 Å². The molecule has 33 heavy (non-hydrogen) atoms. The first-order valence-electron chi connectivity index (χ1n) is 12.0. The standard InChI is InChI=1S/C27H35N3O3/c1-20-16-29(19-23-8-12-25(13-9-23)27(32)33-3)17-21(2)30(20)26(31)24-10-6-22(7-11-24)18-28-14-4-5-15-28/h6-13,20-21H,4-5,14-19H2,1-3H3/t20-,21+. The Kier molecular flexibility index (Phi) is 7.46. The van der Waals surface area contributed by atoms with Gasteiger partial charge in [-0.2, -0.15) is 0 Å². The molecular weight excluding hydrogens is 414 g/mol. The first-order valence-corrected chi connectivity index (χ1v) is 12.0. The maximum atomic E-state index is 13.3. The lowest BCUT2D eigenvalue weighted by molar-refractivity contribution is 0.0268. The zero-order chi connectivity index (χ0) is 23.4. The van der Waals surface area contributed by atoms with Crippen molar-refractivity contribution in [1.82, 2.24) is 14.7 Å². The summed E-state index contributed by atoms with van der Waals surface area (Å²) in [5.41, 5.74) is 3.75. The van der Waals surface area contributed by atoms with Crippen LogP contribution in [0.3, 0.4) is 0 Å². The largest absolute Gasteiger partial charge is 0.465 e. The maximum Gasteiger partial charge on any atom is 0.337 e. The van der Waals surface area contributed by atoms with Gasteiger partial charge in [0.25, 0.3) is 5.91 Å². The second-order valence-electron chi connectivity index (χ2n) is 9.47. The molecule has 2 aromatic carbocycles. The molecule has 1 amide bonds. The molecule has 2 aliphatic rings. The van der Waals surface area contributed by atoms with Crippen LogP contribution in [-0.4, -0.2) is 71.9 Å². The molecule has 0 N–H and O–H groups in total. The summed E-state index contributed by atoms with van der Waals surface area (Å²) in [6, 6.07) is 16.0. The van der Waals surface area contributed by atoms with Crippen molar-refractivity contribution < 1.29 is 14.3 Å². The van der Waals surface area contributed by atoms with Crippen molar-refractivity contribution in [3.05, 3.63) is 70.8 Å². The first kappa shape index (κ1) is 23.5. The van der Waals surface area contributed by atoms with Crippen molar-refractivity contribution in [2.24, 2.45) is 0 Å². The van der Waals surface area contributed by atoms with Crippen LogP contribution in [0.5, 0.6) is 0 Å². The number of ether oxygens (including phenoxy) is 1. The predicted molar refractivity (Wildman–Crippen MR) is 129 cm³/mol. The molecule has 2 aliphatic heterocycles. The van der Waals surface area contributed by atoms with Crippen LogP contribution in [0.4, 0.5) is 0 Å². The summed E-state index contributed by atoms with van der Waals surface area (Å²) in [5.74, 6) is -0.204. The lowest BCUT2D eigenvalue weighted by atomic mass is 10.0. The highest BCUT2D eigenvalue weighted by Crippen LogP contribution is 2.22. The van der Waals surface area contributed by atoms with E-state index in [2.05, 4.69) is 35.8 Å². The SMILES string of the molecule is COC(=O)c1ccc(CN2C[C@@H](C)N(C(=O)c3ccc(CN4CCCC4)cc3)[C@@H](C)C2)cc1. The fourth-order valence-corrected chi connectivity index (χ4v) is 5.18. The predicted octanol–water partition coefficient (Wildman–Crippen LogP) is 3.80. The van der Waals surface area contributed by atoms with E-state index in [0.29, 0.717) is 5.56 Å². The third-order valence-corrected chi connectivity index (χ3v) is 6.82. The number of carbonyl (C=O) groups is 2. The van der Waals surface area contributed by atoms with E-state index >= 15 is 0 Å². The summed E-state index contributed by atoms with van der Waals surface area (Å²) >= 11 is 0. The van der Waals surface area contributed by atoms with Gasteiger partial charge in [0, 0.05) is 43.8 Å². The van der Waals surface area contributed by atoms with Crippen LogP contribution in [0.15, 0.2) is 48.5 Å². The summed E-state index contributed by atoms with van der Waals surface area (Å²) in [5, 5.41) is 0. The van der Waals surface area contributed by atoms with E-state index in [-0.39, 0.29) is 24.0 Å². The van der Waals surface area contributed by atoms with Crippen LogP contribution in [0, 0.1) is 0 Å². The van der Waals surface area contributed by atoms with Crippen molar-refractivity contribution >= 4 is 11.9 Å². The van der Waals surface area contributed by atoms with Gasteiger partial charge in [-0.15, -0.1) is 0 Å². The molecule has 0 saturated carbocycles. The number of rotatable bonds is 6. The Hall–Kier alpha value is -2.70. The molecule has 0 aromatic heterocycles. The molecule has 2 atom stereocenters. The average Bonchev–Trinajstić information content (AvgIpc) is 3.32. The van der Waals surface area contributed by atoms with Crippen LogP contribution in [0.1, 0.15) is 58.5 Å². The number of amides is 1. The van der Waals surface area contributed by atoms with E-state index in [9.17, 15) is 9.59 Å². The summed E-state index contributed by atoms with van der Waals surface area (Å²) in [7, 11) is 1.39. The molecule has 0 bridgehead atoms. The Balaban J connectivity index is 1.35. The van der Waals surface area contributed by atoms with Crippen LogP contribution in [0.2, 0.25) is 0 Å². The molecule has 2 saturated heterocycles. The second-order valence-corrected chi connectivity index (χ2v) is 9.47. The Bertz CT molecular complexity index is 940. The molecule has 2 aromatic rings. The Labute approximate surface area is 197 Å². The Morgan fingerprint density at radius 3 is 1.79 bits per heavy atom. The molecule has 2 fully saturated rings. The minimum absolute atomic E-state index is 0.116. The highest BCUT2D eigenvalue weighted by atomic mass is 16.5. The molecule has 6 heteroatoms. The number of esters is 1. The van der Waals surface area contributed by atoms with E-state index in [1.807, 2.05) is 29.2 Å². The van der Waals surface area contributed by atoms with E-state index in [1.165, 1.54) is 38.6 Å². The number of carbonyl (C=O) groups excluding carboxylic acids is 2. The number of nitrogens with zero attached hydrogens (tertiary/aromatic N) is 3. The highest BCUT2D eigenvalue weighted by molar-refractivity contribution is 5.94. The summed E-state index contributed by atoms with van der Waals surface area (Å²) in [4.78, 5) is 31.9. The van der Waals surface area contributed by atoms with Crippen molar-refractivity contribution in [2.45, 2.75) is 51.9 Å². The van der Waals surface area contributed by atoms with Gasteiger partial charge in [0.15, 0.2) is 0 Å². The van der Waals surface area contributed by atoms with Crippen molar-refractivity contribution in [3.63, 3.8) is 0 Å². The normalized spacial score (nSPS) is 21.8. The topological polar surface area (TPSA) is 53.1 Å². The fraction of sp³-hybridized carbons (Fsp3) is 0.481. The fourth-order valence-electron chi connectivity index (χ4n) is 5.18. The summed E-state index contributed by atoms with van der Waals surface area (Å²) in [6.45, 7) is 10.0. The van der Waals surface area contributed by atoms with Gasteiger partial charge in [0.1, 0.15) is 0 Å². The summed E-state index contributed by atoms with van der Waals surface area (Å²) < 4.78 is 4.77. The van der Waals surface area contributed by atoms with Crippen molar-refractivity contribution in [2.75, 3.05) is 33.3 Å². The molecule has 0 spiro atoms. The second kappa shape index (κ2) is 10.5. The molecule has 6 nitrogen and oxygen atoms in total. The summed E-state index contributed by atoms with van der Waals surface area (Å²) in [6.07, 6.45) is 2.58. The van der Waals surface area contributed by atoms with E-state index in [1.54, 1.807) is 12.1 Å². The highest BCUT2D eigenvalue weighted by Gasteiger charge is 2.33. The van der Waals surface area contributed by atoms with Gasteiger partial charge >= 0.3 is 5.97 Å². The van der Waals surface area contributed by atoms with E-state index in [0.717, 1.165) is 37.3 Å². The minimum Gasteiger partial charge on any atom is -0.465 e. The van der Waals surface area contributed by atoms with Crippen LogP contribution in [-0.2, 0) is 17.8 Å². The Morgan fingerprint density at radius 1 is 0.788 bits per heavy atom. The maximum absolute atomic E-state index is 13.3. The zero-order valence-corrected chi connectivity index (χ0v) is 20.0. The third kappa shape index (κ3) is 5.63. The molecule has 0 unspecified atom stereocenters. The van der Waals surface area contributed by atoms with Crippen LogP contribution >= 0.6 is 0 Å². The molecular formula is C27H35N3O3. The van der Waals surface area contributed by atoms with Gasteiger partial charge in [-0.1, -0.05) is 24.3 Å². The molecule has 2 heterocycles. The number of benzene rings is 2. The number of likely N-dealkylation sites (tertiary alicyclic amines) is 1. The zero-order valence-electron chi connectivity index (χ0n) is 20.0. The number of hydrogen-bond donors (Lipinski definition) is 0. The minimum atomic E-state index is -0.319. The van der Waals surface area contributed by atoms with Crippen LogP contribution in [0.25, 0.3) is 0 Å². The van der Waals surface area contributed by atoms with Crippen LogP contribution < -0.4 is 0 Å². The van der Waals surface area contributed by atoms with E-state index in [4.69, 9.17) is 4.74 Å². The van der Waals surface area contributed by atoms with Gasteiger partial charge in [0.05, 0.1) is 12.7 Å². The monoisotopic (exact) mass is 449 g/mol. The number of methoxy groups -OCH3 is 1. The molecule has 0 aliphatic carbocycles. The van der Waals surface area contributed by atoms with Gasteiger partial charge in [-0.25, -0.2) is 4.79 Å². The number of hydrogen-bond acceptors (Lipinski definition) is 5. The van der Waals surface area contributed by atoms with Crippen molar-refractivity contribution in [1.29, 1.82) is 0 Å². The molecule has 0 radical (unpaired) electrons. The van der Waals surface area contributed by atoms with Gasteiger partial charge in [0.2, 0.25) is 0 Å².